The second-order valence-electron chi connectivity index (χ2n) is 4.39. The smallest absolute Gasteiger partial charge is 0.166 e. The van der Waals surface area contributed by atoms with Crippen molar-refractivity contribution < 1.29 is 13.2 Å². The monoisotopic (exact) mass is 334 g/mol. The third-order valence-electron chi connectivity index (χ3n) is 2.29. The molecule has 0 fully saturated rings. The van der Waals surface area contributed by atoms with Gasteiger partial charge in [-0.2, -0.15) is 13.2 Å². The Kier molecular flexibility index (Phi) is 7.12. The van der Waals surface area contributed by atoms with Crippen molar-refractivity contribution in [3.8, 4) is 0 Å². The zero-order chi connectivity index (χ0) is 15.2. The normalized spacial score (nSPS) is 10.5. The van der Waals surface area contributed by atoms with Crippen LogP contribution in [0, 0.1) is 13.8 Å². The third-order valence-corrected chi connectivity index (χ3v) is 3.25. The summed E-state index contributed by atoms with van der Waals surface area (Å²) in [6.07, 6.45) is -4.35. The number of aryl methyl sites for hydroxylation is 2. The van der Waals surface area contributed by atoms with Gasteiger partial charge >= 0.3 is 6.18 Å². The highest BCUT2D eigenvalue weighted by molar-refractivity contribution is 9.09. The van der Waals surface area contributed by atoms with Crippen molar-refractivity contribution >= 4 is 21.5 Å². The van der Waals surface area contributed by atoms with E-state index in [1.165, 1.54) is 11.6 Å². The molecule has 0 aromatic heterocycles. The second kappa shape index (κ2) is 7.53. The van der Waals surface area contributed by atoms with E-state index in [-0.39, 0.29) is 5.56 Å². The lowest BCUT2D eigenvalue weighted by Gasteiger charge is -2.13. The van der Waals surface area contributed by atoms with E-state index >= 15 is 0 Å². The molecule has 0 saturated carbocycles. The zero-order valence-corrected chi connectivity index (χ0v) is 13.0. The van der Waals surface area contributed by atoms with Crippen LogP contribution in [0.2, 0.25) is 0 Å². The Hall–Kier alpha value is -1.03. The van der Waals surface area contributed by atoms with Crippen LogP contribution in [0.25, 0.3) is 5.57 Å². The zero-order valence-electron chi connectivity index (χ0n) is 11.4. The van der Waals surface area contributed by atoms with Gasteiger partial charge in [0.2, 0.25) is 0 Å². The first-order valence-electron chi connectivity index (χ1n) is 5.63. The SMILES string of the molecule is C=C(C)CBr.C=C(c1cc(C)ccc1C)C(F)(F)F. The molecule has 0 N–H and O–H groups in total. The minimum absolute atomic E-state index is 0.178. The van der Waals surface area contributed by atoms with Crippen LogP contribution in [0.1, 0.15) is 23.6 Å². The molecule has 0 heterocycles. The van der Waals surface area contributed by atoms with E-state index in [1.54, 1.807) is 26.0 Å². The molecule has 1 aromatic rings. The largest absolute Gasteiger partial charge is 0.416 e. The van der Waals surface area contributed by atoms with Crippen molar-refractivity contribution in [1.82, 2.24) is 0 Å². The van der Waals surface area contributed by atoms with E-state index < -0.39 is 11.7 Å². The molecule has 0 aliphatic carbocycles. The number of allylic oxidation sites excluding steroid dienone is 2. The molecule has 0 bridgehead atoms. The highest BCUT2D eigenvalue weighted by atomic mass is 79.9. The average Bonchev–Trinajstić information content (AvgIpc) is 2.31. The fraction of sp³-hybridized carbons (Fsp3) is 0.333. The summed E-state index contributed by atoms with van der Waals surface area (Å²) in [6, 6.07) is 4.95. The van der Waals surface area contributed by atoms with Crippen molar-refractivity contribution in [2.45, 2.75) is 26.9 Å². The maximum Gasteiger partial charge on any atom is 0.416 e. The van der Waals surface area contributed by atoms with Crippen molar-refractivity contribution in [2.24, 2.45) is 0 Å². The maximum atomic E-state index is 12.3. The van der Waals surface area contributed by atoms with Crippen molar-refractivity contribution in [3.05, 3.63) is 53.6 Å². The Morgan fingerprint density at radius 3 is 2.05 bits per heavy atom. The molecular formula is C15H18BrF3. The predicted octanol–water partition coefficient (Wildman–Crippen LogP) is 5.84. The summed E-state index contributed by atoms with van der Waals surface area (Å²) in [4.78, 5) is 0. The van der Waals surface area contributed by atoms with E-state index in [4.69, 9.17) is 0 Å². The van der Waals surface area contributed by atoms with Crippen LogP contribution < -0.4 is 0 Å². The molecule has 0 amide bonds. The topological polar surface area (TPSA) is 0 Å². The van der Waals surface area contributed by atoms with Crippen molar-refractivity contribution in [1.29, 1.82) is 0 Å². The first-order chi connectivity index (χ1) is 8.59. The Labute approximate surface area is 121 Å². The molecule has 0 aliphatic rings. The number of hydrogen-bond acceptors (Lipinski definition) is 0. The summed E-state index contributed by atoms with van der Waals surface area (Å²) < 4.78 is 37.0. The van der Waals surface area contributed by atoms with E-state index in [1.807, 2.05) is 6.92 Å². The molecular weight excluding hydrogens is 317 g/mol. The van der Waals surface area contributed by atoms with Gasteiger partial charge in [0.15, 0.2) is 0 Å². The van der Waals surface area contributed by atoms with Gasteiger partial charge < -0.3 is 0 Å². The number of benzene rings is 1. The Morgan fingerprint density at radius 1 is 1.21 bits per heavy atom. The standard InChI is InChI=1S/C11H11F3.C4H7Br/c1-7-4-5-8(2)10(6-7)9(3)11(12,13)14;1-4(2)3-5/h4-6H,3H2,1-2H3;1,3H2,2H3. The van der Waals surface area contributed by atoms with Crippen LogP contribution in [-0.2, 0) is 0 Å². The van der Waals surface area contributed by atoms with Gasteiger partial charge in [-0.05, 0) is 31.9 Å². The van der Waals surface area contributed by atoms with Gasteiger partial charge in [-0.1, -0.05) is 58.4 Å². The van der Waals surface area contributed by atoms with Gasteiger partial charge in [-0.25, -0.2) is 0 Å². The van der Waals surface area contributed by atoms with E-state index in [2.05, 4.69) is 29.1 Å². The molecule has 0 radical (unpaired) electrons. The predicted molar refractivity (Wildman–Crippen MR) is 79.6 cm³/mol. The highest BCUT2D eigenvalue weighted by Crippen LogP contribution is 2.33. The van der Waals surface area contributed by atoms with E-state index in [0.29, 0.717) is 5.56 Å². The molecule has 0 spiro atoms. The van der Waals surface area contributed by atoms with Crippen LogP contribution in [-0.4, -0.2) is 11.5 Å². The van der Waals surface area contributed by atoms with Crippen LogP contribution in [0.3, 0.4) is 0 Å². The third kappa shape index (κ3) is 6.62. The van der Waals surface area contributed by atoms with Gasteiger partial charge in [-0.3, -0.25) is 0 Å². The summed E-state index contributed by atoms with van der Waals surface area (Å²) >= 11 is 3.21. The molecule has 0 unspecified atom stereocenters. The fourth-order valence-electron chi connectivity index (χ4n) is 1.21. The van der Waals surface area contributed by atoms with Crippen LogP contribution >= 0.6 is 15.9 Å². The van der Waals surface area contributed by atoms with Crippen LogP contribution in [0.15, 0.2) is 36.9 Å². The molecule has 0 aliphatic heterocycles. The number of halogens is 4. The fourth-order valence-corrected chi connectivity index (χ4v) is 1.21. The highest BCUT2D eigenvalue weighted by Gasteiger charge is 2.33. The Balaban J connectivity index is 0.000000555. The molecule has 1 rings (SSSR count). The van der Waals surface area contributed by atoms with Gasteiger partial charge in [0.1, 0.15) is 0 Å². The van der Waals surface area contributed by atoms with Crippen LogP contribution in [0.4, 0.5) is 13.2 Å². The lowest BCUT2D eigenvalue weighted by Crippen LogP contribution is -2.10. The van der Waals surface area contributed by atoms with Crippen molar-refractivity contribution in [2.75, 3.05) is 5.33 Å². The lowest BCUT2D eigenvalue weighted by molar-refractivity contribution is -0.0687. The van der Waals surface area contributed by atoms with Gasteiger partial charge in [0.05, 0.1) is 5.57 Å². The quantitative estimate of drug-likeness (QED) is 0.471. The summed E-state index contributed by atoms with van der Waals surface area (Å²) in [7, 11) is 0. The molecule has 1 aromatic carbocycles. The first kappa shape index (κ1) is 18.0. The average molecular weight is 335 g/mol. The minimum Gasteiger partial charge on any atom is -0.166 e. The Morgan fingerprint density at radius 2 is 1.68 bits per heavy atom. The summed E-state index contributed by atoms with van der Waals surface area (Å²) in [5.74, 6) is 0. The summed E-state index contributed by atoms with van der Waals surface area (Å²) in [5, 5.41) is 0.924. The number of hydrogen-bond donors (Lipinski definition) is 0. The van der Waals surface area contributed by atoms with Gasteiger partial charge in [-0.15, -0.1) is 0 Å². The van der Waals surface area contributed by atoms with Crippen molar-refractivity contribution in [3.63, 3.8) is 0 Å². The summed E-state index contributed by atoms with van der Waals surface area (Å²) in [5.41, 5.74) is 1.97. The maximum absolute atomic E-state index is 12.3. The Bertz CT molecular complexity index is 459. The van der Waals surface area contributed by atoms with E-state index in [9.17, 15) is 13.2 Å². The lowest BCUT2D eigenvalue weighted by atomic mass is 9.99. The molecule has 0 atom stereocenters. The summed E-state index contributed by atoms with van der Waals surface area (Å²) in [6.45, 7) is 12.1. The molecule has 0 saturated heterocycles. The second-order valence-corrected chi connectivity index (χ2v) is 4.95. The first-order valence-corrected chi connectivity index (χ1v) is 6.75. The van der Waals surface area contributed by atoms with E-state index in [0.717, 1.165) is 10.9 Å². The molecule has 0 nitrogen and oxygen atoms in total. The minimum atomic E-state index is -4.35. The molecule has 4 heteroatoms. The van der Waals surface area contributed by atoms with Gasteiger partial charge in [0.25, 0.3) is 0 Å². The van der Waals surface area contributed by atoms with Gasteiger partial charge in [0, 0.05) is 5.33 Å². The number of rotatable bonds is 2. The molecule has 19 heavy (non-hydrogen) atoms. The van der Waals surface area contributed by atoms with Crippen LogP contribution in [0.5, 0.6) is 0 Å². The molecule has 106 valence electrons. The number of alkyl halides is 4.